The summed E-state index contributed by atoms with van der Waals surface area (Å²) in [6.07, 6.45) is 3.55. The molecule has 0 unspecified atom stereocenters. The molecule has 7 nitrogen and oxygen atoms in total. The standard InChI is InChI=1S/C20H25N7/c1-15-16-6-3-4-7-17(16)25(2)18(15)14-24-19(21)26-10-12-27(13-11-26)20-22-8-5-9-23-20/h3-9H,10-14H2,1-2H3,(H2,21,24). The molecule has 2 N–H and O–H groups in total. The number of benzene rings is 1. The molecule has 0 saturated carbocycles. The number of rotatable bonds is 3. The van der Waals surface area contributed by atoms with Crippen molar-refractivity contribution in [3.8, 4) is 0 Å². The monoisotopic (exact) mass is 363 g/mol. The molecule has 0 atom stereocenters. The van der Waals surface area contributed by atoms with Crippen molar-refractivity contribution in [1.29, 1.82) is 0 Å². The Hall–Kier alpha value is -3.09. The van der Waals surface area contributed by atoms with Gasteiger partial charge in [0.2, 0.25) is 5.95 Å². The van der Waals surface area contributed by atoms with Crippen molar-refractivity contribution in [2.24, 2.45) is 17.8 Å². The number of aryl methyl sites for hydroxylation is 2. The van der Waals surface area contributed by atoms with Gasteiger partial charge < -0.3 is 20.1 Å². The van der Waals surface area contributed by atoms with Gasteiger partial charge in [-0.15, -0.1) is 0 Å². The van der Waals surface area contributed by atoms with Crippen LogP contribution in [0.25, 0.3) is 10.9 Å². The molecule has 0 amide bonds. The van der Waals surface area contributed by atoms with Crippen LogP contribution >= 0.6 is 0 Å². The molecule has 140 valence electrons. The van der Waals surface area contributed by atoms with Crippen LogP contribution in [-0.4, -0.2) is 51.6 Å². The van der Waals surface area contributed by atoms with E-state index in [1.54, 1.807) is 12.4 Å². The minimum absolute atomic E-state index is 0.588. The third kappa shape index (κ3) is 3.32. The van der Waals surface area contributed by atoms with E-state index in [2.05, 4.69) is 67.6 Å². The fourth-order valence-electron chi connectivity index (χ4n) is 3.71. The Morgan fingerprint density at radius 3 is 2.48 bits per heavy atom. The number of para-hydroxylation sites is 1. The van der Waals surface area contributed by atoms with Crippen molar-refractivity contribution in [2.75, 3.05) is 31.1 Å². The molecular weight excluding hydrogens is 338 g/mol. The van der Waals surface area contributed by atoms with Gasteiger partial charge in [-0.25, -0.2) is 15.0 Å². The van der Waals surface area contributed by atoms with E-state index in [9.17, 15) is 0 Å². The third-order valence-corrected chi connectivity index (χ3v) is 5.34. The molecule has 4 rings (SSSR count). The van der Waals surface area contributed by atoms with Crippen molar-refractivity contribution >= 4 is 22.8 Å². The molecule has 1 aliphatic rings. The molecule has 0 spiro atoms. The Morgan fingerprint density at radius 1 is 1.07 bits per heavy atom. The van der Waals surface area contributed by atoms with Gasteiger partial charge >= 0.3 is 0 Å². The second-order valence-corrected chi connectivity index (χ2v) is 6.85. The normalized spacial score (nSPS) is 15.6. The van der Waals surface area contributed by atoms with Crippen molar-refractivity contribution in [3.05, 3.63) is 54.0 Å². The molecule has 1 aliphatic heterocycles. The highest BCUT2D eigenvalue weighted by Gasteiger charge is 2.20. The molecule has 1 saturated heterocycles. The molecule has 2 aromatic heterocycles. The second-order valence-electron chi connectivity index (χ2n) is 6.85. The van der Waals surface area contributed by atoms with E-state index in [-0.39, 0.29) is 0 Å². The minimum Gasteiger partial charge on any atom is -0.370 e. The molecule has 3 heterocycles. The van der Waals surface area contributed by atoms with Crippen molar-refractivity contribution in [3.63, 3.8) is 0 Å². The van der Waals surface area contributed by atoms with Crippen LogP contribution in [0.15, 0.2) is 47.7 Å². The van der Waals surface area contributed by atoms with E-state index in [4.69, 9.17) is 5.73 Å². The smallest absolute Gasteiger partial charge is 0.225 e. The van der Waals surface area contributed by atoms with Crippen LogP contribution < -0.4 is 10.6 Å². The van der Waals surface area contributed by atoms with Crippen LogP contribution in [-0.2, 0) is 13.6 Å². The Bertz CT molecular complexity index is 914. The third-order valence-electron chi connectivity index (χ3n) is 5.34. The Kier molecular flexibility index (Phi) is 4.66. The Labute approximate surface area is 159 Å². The fraction of sp³-hybridized carbons (Fsp3) is 0.350. The lowest BCUT2D eigenvalue weighted by Crippen LogP contribution is -2.51. The molecule has 0 bridgehead atoms. The van der Waals surface area contributed by atoms with E-state index >= 15 is 0 Å². The fourth-order valence-corrected chi connectivity index (χ4v) is 3.71. The van der Waals surface area contributed by atoms with Crippen LogP contribution in [0.1, 0.15) is 11.3 Å². The number of guanidine groups is 1. The van der Waals surface area contributed by atoms with Crippen LogP contribution in [0.2, 0.25) is 0 Å². The van der Waals surface area contributed by atoms with Gasteiger partial charge in [0.15, 0.2) is 5.96 Å². The summed E-state index contributed by atoms with van der Waals surface area (Å²) in [5, 5.41) is 1.28. The van der Waals surface area contributed by atoms with Gasteiger partial charge in [0.1, 0.15) is 0 Å². The van der Waals surface area contributed by atoms with E-state index < -0.39 is 0 Å². The maximum Gasteiger partial charge on any atom is 0.225 e. The first-order valence-electron chi connectivity index (χ1n) is 9.25. The Balaban J connectivity index is 1.44. The predicted molar refractivity (Wildman–Crippen MR) is 109 cm³/mol. The predicted octanol–water partition coefficient (Wildman–Crippen LogP) is 1.91. The number of anilines is 1. The molecule has 1 aromatic carbocycles. The number of nitrogens with zero attached hydrogens (tertiary/aromatic N) is 6. The number of aromatic nitrogens is 3. The van der Waals surface area contributed by atoms with E-state index in [1.165, 1.54) is 22.2 Å². The summed E-state index contributed by atoms with van der Waals surface area (Å²) in [6, 6.07) is 10.3. The number of hydrogen-bond donors (Lipinski definition) is 1. The molecule has 27 heavy (non-hydrogen) atoms. The number of nitrogens with two attached hydrogens (primary N) is 1. The maximum absolute atomic E-state index is 6.29. The lowest BCUT2D eigenvalue weighted by atomic mass is 10.1. The van der Waals surface area contributed by atoms with Gasteiger partial charge in [0, 0.05) is 62.2 Å². The minimum atomic E-state index is 0.588. The van der Waals surface area contributed by atoms with Crippen LogP contribution in [0.3, 0.4) is 0 Å². The number of piperazine rings is 1. The van der Waals surface area contributed by atoms with Gasteiger partial charge in [-0.05, 0) is 24.6 Å². The summed E-state index contributed by atoms with van der Waals surface area (Å²) in [4.78, 5) is 17.6. The van der Waals surface area contributed by atoms with Gasteiger partial charge in [-0.2, -0.15) is 0 Å². The summed E-state index contributed by atoms with van der Waals surface area (Å²) >= 11 is 0. The Morgan fingerprint density at radius 2 is 1.78 bits per heavy atom. The number of fused-ring (bicyclic) bond motifs is 1. The zero-order valence-corrected chi connectivity index (χ0v) is 15.8. The summed E-state index contributed by atoms with van der Waals surface area (Å²) < 4.78 is 2.21. The van der Waals surface area contributed by atoms with E-state index in [0.29, 0.717) is 12.5 Å². The summed E-state index contributed by atoms with van der Waals surface area (Å²) in [5.74, 6) is 1.38. The molecule has 3 aromatic rings. The lowest BCUT2D eigenvalue weighted by Gasteiger charge is -2.35. The average Bonchev–Trinajstić information content (AvgIpc) is 2.97. The second kappa shape index (κ2) is 7.26. The van der Waals surface area contributed by atoms with E-state index in [0.717, 1.165) is 32.1 Å². The van der Waals surface area contributed by atoms with Crippen molar-refractivity contribution < 1.29 is 0 Å². The SMILES string of the molecule is Cc1c(CN=C(N)N2CCN(c3ncccn3)CC2)n(C)c2ccccc12. The maximum atomic E-state index is 6.29. The first-order valence-corrected chi connectivity index (χ1v) is 9.25. The van der Waals surface area contributed by atoms with Crippen LogP contribution in [0.4, 0.5) is 5.95 Å². The van der Waals surface area contributed by atoms with Gasteiger partial charge in [-0.1, -0.05) is 18.2 Å². The zero-order chi connectivity index (χ0) is 18.8. The lowest BCUT2D eigenvalue weighted by molar-refractivity contribution is 0.378. The largest absolute Gasteiger partial charge is 0.370 e. The summed E-state index contributed by atoms with van der Waals surface area (Å²) in [6.45, 7) is 6.07. The van der Waals surface area contributed by atoms with E-state index in [1.807, 2.05) is 6.07 Å². The van der Waals surface area contributed by atoms with Crippen molar-refractivity contribution in [1.82, 2.24) is 19.4 Å². The quantitative estimate of drug-likeness (QED) is 0.568. The van der Waals surface area contributed by atoms with Crippen LogP contribution in [0.5, 0.6) is 0 Å². The highest BCUT2D eigenvalue weighted by atomic mass is 15.4. The first kappa shape index (κ1) is 17.3. The highest BCUT2D eigenvalue weighted by molar-refractivity contribution is 5.85. The van der Waals surface area contributed by atoms with Crippen molar-refractivity contribution in [2.45, 2.75) is 13.5 Å². The molecule has 0 radical (unpaired) electrons. The van der Waals surface area contributed by atoms with Gasteiger partial charge in [0.25, 0.3) is 0 Å². The molecule has 7 heteroatoms. The summed E-state index contributed by atoms with van der Waals surface area (Å²) in [5.41, 5.74) is 10.0. The molecule has 0 aliphatic carbocycles. The number of aliphatic imine (C=N–C) groups is 1. The first-order chi connectivity index (χ1) is 13.1. The zero-order valence-electron chi connectivity index (χ0n) is 15.8. The highest BCUT2D eigenvalue weighted by Crippen LogP contribution is 2.24. The van der Waals surface area contributed by atoms with Crippen LogP contribution in [0, 0.1) is 6.92 Å². The topological polar surface area (TPSA) is 75.6 Å². The average molecular weight is 363 g/mol. The number of hydrogen-bond acceptors (Lipinski definition) is 4. The van der Waals surface area contributed by atoms with Gasteiger partial charge in [-0.3, -0.25) is 0 Å². The molecular formula is C20H25N7. The summed E-state index contributed by atoms with van der Waals surface area (Å²) in [7, 11) is 2.09. The molecule has 1 fully saturated rings. The van der Waals surface area contributed by atoms with Gasteiger partial charge in [0.05, 0.1) is 6.54 Å².